The van der Waals surface area contributed by atoms with Crippen LogP contribution in [0.4, 0.5) is 10.5 Å². The second kappa shape index (κ2) is 10.6. The first-order chi connectivity index (χ1) is 14.8. The van der Waals surface area contributed by atoms with Crippen molar-refractivity contribution in [3.8, 4) is 12.1 Å². The van der Waals surface area contributed by atoms with E-state index in [1.165, 1.54) is 12.0 Å². The summed E-state index contributed by atoms with van der Waals surface area (Å²) in [5, 5.41) is 28.0. The number of benzene rings is 1. The normalized spacial score (nSPS) is 10.9. The fraction of sp³-hybridized carbons (Fsp3) is 0.333. The molecule has 0 saturated heterocycles. The van der Waals surface area contributed by atoms with Crippen molar-refractivity contribution in [3.63, 3.8) is 0 Å². The molecule has 0 radical (unpaired) electrons. The highest BCUT2D eigenvalue weighted by Crippen LogP contribution is 2.23. The SMILES string of the molecule is CON=C(C#N)C(=O)NC(=O)N(Cc1cccc(C#N)c1)c1cnn(CC(C)C)c1C. The van der Waals surface area contributed by atoms with Crippen LogP contribution in [-0.2, 0) is 22.7 Å². The highest BCUT2D eigenvalue weighted by molar-refractivity contribution is 6.47. The van der Waals surface area contributed by atoms with E-state index >= 15 is 0 Å². The van der Waals surface area contributed by atoms with Gasteiger partial charge in [-0.1, -0.05) is 31.1 Å². The van der Waals surface area contributed by atoms with E-state index in [0.29, 0.717) is 29.3 Å². The lowest BCUT2D eigenvalue weighted by Crippen LogP contribution is -2.45. The van der Waals surface area contributed by atoms with Crippen molar-refractivity contribution >= 4 is 23.3 Å². The van der Waals surface area contributed by atoms with Crippen LogP contribution in [0.5, 0.6) is 0 Å². The maximum Gasteiger partial charge on any atom is 0.329 e. The molecular formula is C21H23N7O3. The first-order valence-corrected chi connectivity index (χ1v) is 9.46. The average Bonchev–Trinajstić information content (AvgIpc) is 3.09. The van der Waals surface area contributed by atoms with Crippen molar-refractivity contribution in [3.05, 3.63) is 47.3 Å². The van der Waals surface area contributed by atoms with Crippen LogP contribution in [0.1, 0.15) is 30.7 Å². The molecule has 0 aliphatic heterocycles. The molecule has 160 valence electrons. The van der Waals surface area contributed by atoms with Gasteiger partial charge in [0.1, 0.15) is 13.2 Å². The largest absolute Gasteiger partial charge is 0.398 e. The smallest absolute Gasteiger partial charge is 0.329 e. The minimum Gasteiger partial charge on any atom is -0.398 e. The first-order valence-electron chi connectivity index (χ1n) is 9.46. The van der Waals surface area contributed by atoms with E-state index in [1.807, 2.05) is 6.92 Å². The van der Waals surface area contributed by atoms with E-state index in [4.69, 9.17) is 10.5 Å². The van der Waals surface area contributed by atoms with Crippen molar-refractivity contribution < 1.29 is 14.4 Å². The minimum atomic E-state index is -0.989. The van der Waals surface area contributed by atoms with E-state index in [0.717, 1.165) is 5.69 Å². The van der Waals surface area contributed by atoms with Crippen LogP contribution >= 0.6 is 0 Å². The van der Waals surface area contributed by atoms with Crippen LogP contribution in [0.2, 0.25) is 0 Å². The Morgan fingerprint density at radius 2 is 2.10 bits per heavy atom. The van der Waals surface area contributed by atoms with Gasteiger partial charge >= 0.3 is 6.03 Å². The lowest BCUT2D eigenvalue weighted by molar-refractivity contribution is -0.113. The highest BCUT2D eigenvalue weighted by Gasteiger charge is 2.25. The van der Waals surface area contributed by atoms with Gasteiger partial charge in [0.25, 0.3) is 5.91 Å². The number of aromatic nitrogens is 2. The molecule has 0 atom stereocenters. The third kappa shape index (κ3) is 5.90. The number of oxime groups is 1. The van der Waals surface area contributed by atoms with Crippen LogP contribution in [0, 0.1) is 35.5 Å². The van der Waals surface area contributed by atoms with E-state index in [9.17, 15) is 9.59 Å². The topological polar surface area (TPSA) is 136 Å². The van der Waals surface area contributed by atoms with Crippen molar-refractivity contribution in [1.29, 1.82) is 10.5 Å². The van der Waals surface area contributed by atoms with Crippen LogP contribution in [-0.4, -0.2) is 34.5 Å². The van der Waals surface area contributed by atoms with Crippen LogP contribution in [0.3, 0.4) is 0 Å². The zero-order valence-corrected chi connectivity index (χ0v) is 17.8. The number of carbonyl (C=O) groups excluding carboxylic acids is 2. The highest BCUT2D eigenvalue weighted by atomic mass is 16.6. The third-order valence-corrected chi connectivity index (χ3v) is 4.27. The summed E-state index contributed by atoms with van der Waals surface area (Å²) >= 11 is 0. The van der Waals surface area contributed by atoms with Crippen molar-refractivity contribution in [2.45, 2.75) is 33.9 Å². The van der Waals surface area contributed by atoms with Gasteiger partial charge in [0.15, 0.2) is 0 Å². The van der Waals surface area contributed by atoms with Gasteiger partial charge in [0, 0.05) is 6.54 Å². The van der Waals surface area contributed by atoms with Crippen molar-refractivity contribution in [1.82, 2.24) is 15.1 Å². The molecule has 1 N–H and O–H groups in total. The average molecular weight is 421 g/mol. The standard InChI is InChI=1S/C21H23N7O3/c1-14(2)12-28-15(3)19(11-24-28)27(13-17-7-5-6-16(8-17)9-22)21(30)25-20(29)18(10-23)26-31-4/h5-8,11,14H,12-13H2,1-4H3,(H,25,29,30). The zero-order valence-electron chi connectivity index (χ0n) is 17.8. The van der Waals surface area contributed by atoms with Gasteiger partial charge in [-0.15, -0.1) is 0 Å². The summed E-state index contributed by atoms with van der Waals surface area (Å²) in [4.78, 5) is 31.0. The maximum atomic E-state index is 13.0. The number of hydrogen-bond acceptors (Lipinski definition) is 7. The summed E-state index contributed by atoms with van der Waals surface area (Å²) in [7, 11) is 1.19. The number of hydrogen-bond donors (Lipinski definition) is 1. The summed E-state index contributed by atoms with van der Waals surface area (Å²) in [5.41, 5.74) is 1.77. The van der Waals surface area contributed by atoms with Gasteiger partial charge in [-0.2, -0.15) is 15.6 Å². The van der Waals surface area contributed by atoms with Crippen molar-refractivity contribution in [2.75, 3.05) is 12.0 Å². The molecule has 0 bridgehead atoms. The Balaban J connectivity index is 2.40. The Morgan fingerprint density at radius 3 is 2.71 bits per heavy atom. The summed E-state index contributed by atoms with van der Waals surface area (Å²) in [6.45, 7) is 6.66. The number of anilines is 1. The van der Waals surface area contributed by atoms with Crippen LogP contribution in [0.15, 0.2) is 35.6 Å². The second-order valence-electron chi connectivity index (χ2n) is 7.08. The first kappa shape index (κ1) is 23.1. The summed E-state index contributed by atoms with van der Waals surface area (Å²) in [6.07, 6.45) is 1.55. The van der Waals surface area contributed by atoms with E-state index in [-0.39, 0.29) is 6.54 Å². The Kier molecular flexibility index (Phi) is 7.87. The molecule has 0 spiro atoms. The molecule has 0 aliphatic rings. The molecular weight excluding hydrogens is 398 g/mol. The van der Waals surface area contributed by atoms with Crippen LogP contribution in [0.25, 0.3) is 0 Å². The number of amides is 3. The van der Waals surface area contributed by atoms with Gasteiger partial charge in [0.05, 0.1) is 35.8 Å². The molecule has 0 fully saturated rings. The van der Waals surface area contributed by atoms with Gasteiger partial charge in [-0.25, -0.2) is 4.79 Å². The Bertz CT molecular complexity index is 1070. The second-order valence-corrected chi connectivity index (χ2v) is 7.08. The summed E-state index contributed by atoms with van der Waals surface area (Å²) in [6, 6.07) is 9.66. The summed E-state index contributed by atoms with van der Waals surface area (Å²) in [5.74, 6) is -0.650. The molecule has 31 heavy (non-hydrogen) atoms. The molecule has 2 rings (SSSR count). The summed E-state index contributed by atoms with van der Waals surface area (Å²) < 4.78 is 1.78. The molecule has 0 saturated carbocycles. The van der Waals surface area contributed by atoms with E-state index in [1.54, 1.807) is 41.2 Å². The molecule has 3 amide bonds. The quantitative estimate of drug-likeness (QED) is 0.539. The number of nitrogens with one attached hydrogen (secondary N) is 1. The Morgan fingerprint density at radius 1 is 1.35 bits per heavy atom. The number of nitrogens with zero attached hydrogens (tertiary/aromatic N) is 6. The van der Waals surface area contributed by atoms with Gasteiger partial charge in [-0.05, 0) is 30.5 Å². The number of nitriles is 2. The number of rotatable bonds is 7. The van der Waals surface area contributed by atoms with Gasteiger partial charge in [-0.3, -0.25) is 19.7 Å². The molecule has 1 heterocycles. The molecule has 10 nitrogen and oxygen atoms in total. The monoisotopic (exact) mass is 421 g/mol. The number of imide groups is 1. The third-order valence-electron chi connectivity index (χ3n) is 4.27. The molecule has 2 aromatic rings. The van der Waals surface area contributed by atoms with Crippen molar-refractivity contribution in [2.24, 2.45) is 11.1 Å². The van der Waals surface area contributed by atoms with Crippen LogP contribution < -0.4 is 10.2 Å². The number of urea groups is 1. The van der Waals surface area contributed by atoms with E-state index < -0.39 is 17.6 Å². The predicted molar refractivity (Wildman–Crippen MR) is 113 cm³/mol. The minimum absolute atomic E-state index is 0.0755. The molecule has 0 aliphatic carbocycles. The zero-order chi connectivity index (χ0) is 23.0. The molecule has 1 aromatic carbocycles. The lowest BCUT2D eigenvalue weighted by Gasteiger charge is -2.22. The fourth-order valence-electron chi connectivity index (χ4n) is 2.85. The Labute approximate surface area is 180 Å². The van der Waals surface area contributed by atoms with Gasteiger partial charge in [0.2, 0.25) is 5.71 Å². The number of carbonyl (C=O) groups is 2. The fourth-order valence-corrected chi connectivity index (χ4v) is 2.85. The maximum absolute atomic E-state index is 13.0. The van der Waals surface area contributed by atoms with E-state index in [2.05, 4.69) is 40.3 Å². The van der Waals surface area contributed by atoms with Gasteiger partial charge < -0.3 is 4.84 Å². The Hall–Kier alpha value is -4.18. The predicted octanol–water partition coefficient (Wildman–Crippen LogP) is 2.49. The molecule has 10 heteroatoms. The lowest BCUT2D eigenvalue weighted by atomic mass is 10.1. The molecule has 1 aromatic heterocycles. The molecule has 0 unspecified atom stereocenters.